The number of benzene rings is 2. The highest BCUT2D eigenvalue weighted by molar-refractivity contribution is 5.95. The third-order valence-corrected chi connectivity index (χ3v) is 4.31. The average Bonchev–Trinajstić information content (AvgIpc) is 2.63. The van der Waals surface area contributed by atoms with Gasteiger partial charge in [0, 0.05) is 12.1 Å². The topological polar surface area (TPSA) is 70.6 Å². The zero-order valence-corrected chi connectivity index (χ0v) is 14.3. The molecule has 0 aromatic heterocycles. The number of piperidine rings is 1. The molecule has 0 aliphatic carbocycles. The number of hydrogen-bond donors (Lipinski definition) is 3. The molecule has 2 aromatic rings. The molecule has 2 aromatic carbocycles. The monoisotopic (exact) mass is 380 g/mol. The molecule has 1 amide bonds. The van der Waals surface area contributed by atoms with Crippen LogP contribution in [0.5, 0.6) is 5.75 Å². The Hall–Kier alpha value is -2.58. The number of halogens is 3. The molecule has 0 radical (unpaired) electrons. The van der Waals surface area contributed by atoms with Crippen molar-refractivity contribution in [3.8, 4) is 16.9 Å². The van der Waals surface area contributed by atoms with Gasteiger partial charge in [0.1, 0.15) is 5.75 Å². The predicted octanol–water partition coefficient (Wildman–Crippen LogP) is 2.70. The van der Waals surface area contributed by atoms with E-state index in [4.69, 9.17) is 0 Å². The van der Waals surface area contributed by atoms with Gasteiger partial charge in [0.2, 0.25) is 0 Å². The van der Waals surface area contributed by atoms with Gasteiger partial charge in [-0.3, -0.25) is 4.79 Å². The van der Waals surface area contributed by atoms with Crippen LogP contribution in [0.25, 0.3) is 11.1 Å². The van der Waals surface area contributed by atoms with Crippen molar-refractivity contribution < 1.29 is 27.8 Å². The molecule has 2 atom stereocenters. The lowest BCUT2D eigenvalue weighted by Gasteiger charge is -2.29. The number of rotatable bonds is 4. The summed E-state index contributed by atoms with van der Waals surface area (Å²) in [5.74, 6) is -0.611. The Morgan fingerprint density at radius 2 is 1.89 bits per heavy atom. The summed E-state index contributed by atoms with van der Waals surface area (Å²) in [6.07, 6.45) is -4.75. The van der Waals surface area contributed by atoms with E-state index in [0.29, 0.717) is 36.2 Å². The second-order valence-corrected chi connectivity index (χ2v) is 6.29. The summed E-state index contributed by atoms with van der Waals surface area (Å²) in [6.45, 7) is 1.14. The Morgan fingerprint density at radius 3 is 2.56 bits per heavy atom. The van der Waals surface area contributed by atoms with Gasteiger partial charge in [0.05, 0.1) is 12.1 Å². The molecule has 144 valence electrons. The molecule has 5 nitrogen and oxygen atoms in total. The molecule has 0 saturated carbocycles. The number of carbonyl (C=O) groups is 1. The van der Waals surface area contributed by atoms with Crippen LogP contribution in [0.15, 0.2) is 48.5 Å². The fraction of sp³-hybridized carbons (Fsp3) is 0.316. The number of alkyl halides is 3. The minimum absolute atomic E-state index is 0.306. The first-order valence-electron chi connectivity index (χ1n) is 8.48. The van der Waals surface area contributed by atoms with E-state index in [1.54, 1.807) is 24.3 Å². The summed E-state index contributed by atoms with van der Waals surface area (Å²) in [5, 5.41) is 15.8. The van der Waals surface area contributed by atoms with E-state index < -0.39 is 12.5 Å². The van der Waals surface area contributed by atoms with Gasteiger partial charge in [-0.05, 0) is 48.4 Å². The normalized spacial score (nSPS) is 20.1. The predicted molar refractivity (Wildman–Crippen MR) is 93.3 cm³/mol. The molecule has 2 unspecified atom stereocenters. The standard InChI is InChI=1S/C19H19F3N2O3/c20-19(21,22)27-15-6-4-12(5-7-15)13-2-1-3-14(10-13)18(26)24-16-8-9-23-11-17(16)25/h1-7,10,16-17,23,25H,8-9,11H2,(H,24,26). The summed E-state index contributed by atoms with van der Waals surface area (Å²) >= 11 is 0. The molecular weight excluding hydrogens is 361 g/mol. The molecule has 3 rings (SSSR count). The summed E-state index contributed by atoms with van der Waals surface area (Å²) < 4.78 is 40.6. The van der Waals surface area contributed by atoms with Crippen molar-refractivity contribution >= 4 is 5.91 Å². The van der Waals surface area contributed by atoms with E-state index in [1.165, 1.54) is 24.3 Å². The van der Waals surface area contributed by atoms with Crippen LogP contribution >= 0.6 is 0 Å². The largest absolute Gasteiger partial charge is 0.573 e. The average molecular weight is 380 g/mol. The van der Waals surface area contributed by atoms with Crippen LogP contribution in [0.2, 0.25) is 0 Å². The second kappa shape index (κ2) is 7.98. The van der Waals surface area contributed by atoms with Gasteiger partial charge in [0.25, 0.3) is 5.91 Å². The van der Waals surface area contributed by atoms with Gasteiger partial charge in [-0.15, -0.1) is 13.2 Å². The number of ether oxygens (including phenoxy) is 1. The van der Waals surface area contributed by atoms with Crippen LogP contribution in [-0.2, 0) is 0 Å². The Labute approximate surface area is 154 Å². The molecule has 1 aliphatic rings. The van der Waals surface area contributed by atoms with Crippen LogP contribution in [0.3, 0.4) is 0 Å². The van der Waals surface area contributed by atoms with Crippen molar-refractivity contribution in [1.29, 1.82) is 0 Å². The molecule has 1 fully saturated rings. The number of nitrogens with one attached hydrogen (secondary N) is 2. The smallest absolute Gasteiger partial charge is 0.406 e. The molecule has 0 bridgehead atoms. The number of hydrogen-bond acceptors (Lipinski definition) is 4. The van der Waals surface area contributed by atoms with E-state index >= 15 is 0 Å². The highest BCUT2D eigenvalue weighted by Gasteiger charge is 2.31. The quantitative estimate of drug-likeness (QED) is 0.763. The van der Waals surface area contributed by atoms with Gasteiger partial charge >= 0.3 is 6.36 Å². The van der Waals surface area contributed by atoms with Crippen LogP contribution in [-0.4, -0.2) is 42.6 Å². The number of aliphatic hydroxyl groups is 1. The fourth-order valence-corrected chi connectivity index (χ4v) is 2.95. The van der Waals surface area contributed by atoms with E-state index in [2.05, 4.69) is 15.4 Å². The number of carbonyl (C=O) groups excluding carboxylic acids is 1. The van der Waals surface area contributed by atoms with Crippen LogP contribution in [0, 0.1) is 0 Å². The van der Waals surface area contributed by atoms with E-state index in [9.17, 15) is 23.1 Å². The minimum Gasteiger partial charge on any atom is -0.406 e. The first kappa shape index (κ1) is 19.2. The van der Waals surface area contributed by atoms with Crippen LogP contribution in [0.4, 0.5) is 13.2 Å². The lowest BCUT2D eigenvalue weighted by Crippen LogP contribution is -2.52. The highest BCUT2D eigenvalue weighted by atomic mass is 19.4. The van der Waals surface area contributed by atoms with Crippen molar-refractivity contribution in [2.24, 2.45) is 0 Å². The SMILES string of the molecule is O=C(NC1CCNCC1O)c1cccc(-c2ccc(OC(F)(F)F)cc2)c1. The maximum Gasteiger partial charge on any atom is 0.573 e. The summed E-state index contributed by atoms with van der Waals surface area (Å²) in [7, 11) is 0. The second-order valence-electron chi connectivity index (χ2n) is 6.29. The lowest BCUT2D eigenvalue weighted by atomic mass is 10.0. The van der Waals surface area contributed by atoms with Gasteiger partial charge in [0.15, 0.2) is 0 Å². The van der Waals surface area contributed by atoms with Crippen molar-refractivity contribution in [1.82, 2.24) is 10.6 Å². The number of amides is 1. The van der Waals surface area contributed by atoms with Gasteiger partial charge < -0.3 is 20.5 Å². The van der Waals surface area contributed by atoms with Crippen LogP contribution in [0.1, 0.15) is 16.8 Å². The molecule has 8 heteroatoms. The Bertz CT molecular complexity index is 794. The van der Waals surface area contributed by atoms with Crippen molar-refractivity contribution in [3.05, 3.63) is 54.1 Å². The molecular formula is C19H19F3N2O3. The summed E-state index contributed by atoms with van der Waals surface area (Å²) in [5.41, 5.74) is 1.75. The molecule has 1 heterocycles. The number of β-amino-alcohol motifs (C(OH)–C–C–N with tert-alkyl or cyclic N) is 1. The van der Waals surface area contributed by atoms with Gasteiger partial charge in [-0.2, -0.15) is 0 Å². The van der Waals surface area contributed by atoms with Crippen molar-refractivity contribution in [2.75, 3.05) is 13.1 Å². The van der Waals surface area contributed by atoms with Gasteiger partial charge in [-0.25, -0.2) is 0 Å². The van der Waals surface area contributed by atoms with E-state index in [0.717, 1.165) is 0 Å². The van der Waals surface area contributed by atoms with E-state index in [-0.39, 0.29) is 17.7 Å². The Morgan fingerprint density at radius 1 is 1.15 bits per heavy atom. The number of aliphatic hydroxyl groups excluding tert-OH is 1. The molecule has 3 N–H and O–H groups in total. The van der Waals surface area contributed by atoms with Crippen LogP contribution < -0.4 is 15.4 Å². The molecule has 27 heavy (non-hydrogen) atoms. The van der Waals surface area contributed by atoms with Crippen molar-refractivity contribution in [3.63, 3.8) is 0 Å². The fourth-order valence-electron chi connectivity index (χ4n) is 2.95. The minimum atomic E-state index is -4.74. The maximum atomic E-state index is 12.5. The van der Waals surface area contributed by atoms with Gasteiger partial charge in [-0.1, -0.05) is 24.3 Å². The molecule has 1 aliphatic heterocycles. The van der Waals surface area contributed by atoms with E-state index in [1.807, 2.05) is 0 Å². The molecule has 1 saturated heterocycles. The first-order valence-corrected chi connectivity index (χ1v) is 8.48. The molecule has 0 spiro atoms. The summed E-state index contributed by atoms with van der Waals surface area (Å²) in [6, 6.07) is 11.9. The highest BCUT2D eigenvalue weighted by Crippen LogP contribution is 2.27. The lowest BCUT2D eigenvalue weighted by molar-refractivity contribution is -0.274. The zero-order chi connectivity index (χ0) is 19.4. The summed E-state index contributed by atoms with van der Waals surface area (Å²) in [4.78, 5) is 12.5. The Balaban J connectivity index is 1.72. The maximum absolute atomic E-state index is 12.5. The first-order chi connectivity index (χ1) is 12.8. The third kappa shape index (κ3) is 5.21. The zero-order valence-electron chi connectivity index (χ0n) is 14.3. The van der Waals surface area contributed by atoms with Crippen molar-refractivity contribution in [2.45, 2.75) is 24.9 Å². The Kier molecular flexibility index (Phi) is 5.67. The third-order valence-electron chi connectivity index (χ3n) is 4.31.